The van der Waals surface area contributed by atoms with Crippen LogP contribution in [0.5, 0.6) is 0 Å². The summed E-state index contributed by atoms with van der Waals surface area (Å²) in [6.45, 7) is 4.81. The van der Waals surface area contributed by atoms with Crippen molar-refractivity contribution in [3.05, 3.63) is 60.2 Å². The van der Waals surface area contributed by atoms with Gasteiger partial charge in [0.1, 0.15) is 6.54 Å². The number of nitrogens with one attached hydrogen (secondary N) is 2. The van der Waals surface area contributed by atoms with Crippen molar-refractivity contribution in [3.8, 4) is 0 Å². The molecule has 2 aromatic rings. The molecule has 4 rings (SSSR count). The lowest BCUT2D eigenvalue weighted by atomic mass is 9.96. The fourth-order valence-corrected chi connectivity index (χ4v) is 4.89. The minimum absolute atomic E-state index is 0.00312. The summed E-state index contributed by atoms with van der Waals surface area (Å²) in [5.74, 6) is -0.373. The van der Waals surface area contributed by atoms with Crippen LogP contribution in [0.1, 0.15) is 44.6 Å². The number of piperazine rings is 1. The normalized spacial score (nSPS) is 16.4. The Balaban J connectivity index is 1.23. The summed E-state index contributed by atoms with van der Waals surface area (Å²) < 4.78 is 0. The molecule has 0 aromatic heterocycles. The largest absolute Gasteiger partial charge is 0.368 e. The Hall–Kier alpha value is -3.55. The number of benzene rings is 2. The van der Waals surface area contributed by atoms with E-state index >= 15 is 0 Å². The van der Waals surface area contributed by atoms with E-state index in [0.717, 1.165) is 37.2 Å². The molecule has 1 aliphatic carbocycles. The lowest BCUT2D eigenvalue weighted by molar-refractivity contribution is -0.133. The summed E-state index contributed by atoms with van der Waals surface area (Å²) in [5.41, 5.74) is 2.74. The summed E-state index contributed by atoms with van der Waals surface area (Å²) in [6.07, 6.45) is 5.87. The second kappa shape index (κ2) is 12.4. The van der Waals surface area contributed by atoms with Crippen molar-refractivity contribution in [3.63, 3.8) is 0 Å². The van der Waals surface area contributed by atoms with Crippen molar-refractivity contribution in [2.45, 2.75) is 51.6 Å². The molecule has 1 saturated carbocycles. The number of carbonyl (C=O) groups is 3. The van der Waals surface area contributed by atoms with Gasteiger partial charge in [0, 0.05) is 57.1 Å². The summed E-state index contributed by atoms with van der Waals surface area (Å²) in [7, 11) is 0. The van der Waals surface area contributed by atoms with Crippen molar-refractivity contribution < 1.29 is 14.4 Å². The Morgan fingerprint density at radius 2 is 1.56 bits per heavy atom. The molecule has 8 heteroatoms. The van der Waals surface area contributed by atoms with Crippen LogP contribution >= 0.6 is 0 Å². The maximum atomic E-state index is 12.6. The van der Waals surface area contributed by atoms with Crippen molar-refractivity contribution in [1.82, 2.24) is 15.1 Å². The first kappa shape index (κ1) is 25.5. The topological polar surface area (TPSA) is 85.0 Å². The van der Waals surface area contributed by atoms with E-state index in [9.17, 15) is 14.4 Å². The highest BCUT2D eigenvalue weighted by molar-refractivity contribution is 5.94. The lowest BCUT2D eigenvalue weighted by Crippen LogP contribution is -2.53. The van der Waals surface area contributed by atoms with Gasteiger partial charge in [0.2, 0.25) is 11.8 Å². The zero-order valence-electron chi connectivity index (χ0n) is 21.1. The van der Waals surface area contributed by atoms with Gasteiger partial charge < -0.3 is 25.3 Å². The maximum absolute atomic E-state index is 12.6. The van der Waals surface area contributed by atoms with Crippen LogP contribution in [0.3, 0.4) is 0 Å². The monoisotopic (exact) mass is 491 g/mol. The third kappa shape index (κ3) is 7.23. The number of rotatable bonds is 7. The number of carbonyl (C=O) groups excluding carboxylic acids is 3. The molecule has 0 radical (unpaired) electrons. The number of nitrogens with zero attached hydrogens (tertiary/aromatic N) is 3. The van der Waals surface area contributed by atoms with E-state index in [-0.39, 0.29) is 24.4 Å². The Morgan fingerprint density at radius 1 is 0.889 bits per heavy atom. The molecule has 2 aromatic carbocycles. The molecule has 0 spiro atoms. The number of hydrogen-bond acceptors (Lipinski definition) is 4. The first-order chi connectivity index (χ1) is 17.5. The van der Waals surface area contributed by atoms with Gasteiger partial charge >= 0.3 is 6.03 Å². The Morgan fingerprint density at radius 3 is 2.19 bits per heavy atom. The number of hydrogen-bond donors (Lipinski definition) is 2. The fraction of sp³-hybridized carbons (Fsp3) is 0.464. The van der Waals surface area contributed by atoms with Gasteiger partial charge in [-0.25, -0.2) is 4.79 Å². The molecular weight excluding hydrogens is 454 g/mol. The van der Waals surface area contributed by atoms with Crippen molar-refractivity contribution >= 4 is 29.2 Å². The summed E-state index contributed by atoms with van der Waals surface area (Å²) in [5, 5.41) is 6.10. The van der Waals surface area contributed by atoms with Crippen molar-refractivity contribution in [2.24, 2.45) is 0 Å². The molecule has 1 aliphatic heterocycles. The van der Waals surface area contributed by atoms with Crippen LogP contribution in [0, 0.1) is 0 Å². The lowest BCUT2D eigenvalue weighted by Gasteiger charge is -2.37. The molecule has 0 unspecified atom stereocenters. The zero-order valence-corrected chi connectivity index (χ0v) is 21.1. The van der Waals surface area contributed by atoms with E-state index in [0.29, 0.717) is 31.4 Å². The molecule has 8 nitrogen and oxygen atoms in total. The van der Waals surface area contributed by atoms with E-state index in [1.165, 1.54) is 31.1 Å². The summed E-state index contributed by atoms with van der Waals surface area (Å²) >= 11 is 0. The smallest absolute Gasteiger partial charge is 0.317 e. The minimum Gasteiger partial charge on any atom is -0.368 e. The highest BCUT2D eigenvalue weighted by Crippen LogP contribution is 2.21. The summed E-state index contributed by atoms with van der Waals surface area (Å²) in [4.78, 5) is 42.9. The van der Waals surface area contributed by atoms with Gasteiger partial charge in [0.25, 0.3) is 0 Å². The van der Waals surface area contributed by atoms with E-state index in [1.807, 2.05) is 59.5 Å². The second-order valence-corrected chi connectivity index (χ2v) is 9.71. The average molecular weight is 492 g/mol. The molecule has 192 valence electrons. The number of urea groups is 1. The molecule has 1 saturated heterocycles. The predicted octanol–water partition coefficient (Wildman–Crippen LogP) is 3.84. The molecule has 0 atom stereocenters. The van der Waals surface area contributed by atoms with Crippen molar-refractivity contribution in [2.75, 3.05) is 42.9 Å². The Kier molecular flexibility index (Phi) is 8.81. The molecule has 4 amide bonds. The maximum Gasteiger partial charge on any atom is 0.317 e. The molecule has 36 heavy (non-hydrogen) atoms. The Bertz CT molecular complexity index is 1010. The van der Waals surface area contributed by atoms with Gasteiger partial charge in [0.15, 0.2) is 0 Å². The molecule has 2 aliphatic rings. The highest BCUT2D eigenvalue weighted by atomic mass is 16.2. The molecule has 1 heterocycles. The van der Waals surface area contributed by atoms with Crippen LogP contribution in [-0.4, -0.2) is 66.4 Å². The van der Waals surface area contributed by atoms with Gasteiger partial charge in [0.05, 0.1) is 0 Å². The first-order valence-electron chi connectivity index (χ1n) is 13.0. The number of anilines is 2. The average Bonchev–Trinajstić information content (AvgIpc) is 2.90. The van der Waals surface area contributed by atoms with Gasteiger partial charge in [-0.05, 0) is 42.7 Å². The van der Waals surface area contributed by atoms with E-state index in [1.54, 1.807) is 0 Å². The Labute approximate surface area is 213 Å². The molecule has 0 bridgehead atoms. The fourth-order valence-electron chi connectivity index (χ4n) is 4.89. The second-order valence-electron chi connectivity index (χ2n) is 9.71. The quantitative estimate of drug-likeness (QED) is 0.616. The van der Waals surface area contributed by atoms with Crippen LogP contribution in [0.2, 0.25) is 0 Å². The SMILES string of the molecule is CC(=O)N(CC(=O)Nc1ccc(N2CCN(C(=O)NC3CCCCC3)CC2)cc1)Cc1ccccc1. The molecule has 2 fully saturated rings. The van der Waals surface area contributed by atoms with E-state index in [4.69, 9.17) is 0 Å². The van der Waals surface area contributed by atoms with Crippen LogP contribution < -0.4 is 15.5 Å². The van der Waals surface area contributed by atoms with Gasteiger partial charge in [-0.2, -0.15) is 0 Å². The van der Waals surface area contributed by atoms with Gasteiger partial charge in [-0.3, -0.25) is 9.59 Å². The van der Waals surface area contributed by atoms with Crippen molar-refractivity contribution in [1.29, 1.82) is 0 Å². The predicted molar refractivity (Wildman–Crippen MR) is 142 cm³/mol. The molecular formula is C28H37N5O3. The zero-order chi connectivity index (χ0) is 25.3. The number of amides is 4. The van der Waals surface area contributed by atoms with E-state index < -0.39 is 0 Å². The van der Waals surface area contributed by atoms with Crippen LogP contribution in [0.4, 0.5) is 16.2 Å². The van der Waals surface area contributed by atoms with Gasteiger partial charge in [-0.15, -0.1) is 0 Å². The van der Waals surface area contributed by atoms with Gasteiger partial charge in [-0.1, -0.05) is 49.6 Å². The van der Waals surface area contributed by atoms with Crippen LogP contribution in [0.25, 0.3) is 0 Å². The third-order valence-electron chi connectivity index (χ3n) is 7.01. The minimum atomic E-state index is -0.230. The first-order valence-corrected chi connectivity index (χ1v) is 13.0. The third-order valence-corrected chi connectivity index (χ3v) is 7.01. The highest BCUT2D eigenvalue weighted by Gasteiger charge is 2.24. The standard InChI is InChI=1S/C28H37N5O3/c1-22(34)33(20-23-8-4-2-5-9-23)21-27(35)29-25-12-14-26(15-13-25)31-16-18-32(19-17-31)28(36)30-24-10-6-3-7-11-24/h2,4-5,8-9,12-15,24H,3,6-7,10-11,16-21H2,1H3,(H,29,35)(H,30,36). The molecule has 2 N–H and O–H groups in total. The summed E-state index contributed by atoms with van der Waals surface area (Å²) in [6, 6.07) is 17.8. The van der Waals surface area contributed by atoms with E-state index in [2.05, 4.69) is 15.5 Å². The van der Waals surface area contributed by atoms with Crippen LogP contribution in [0.15, 0.2) is 54.6 Å². The van der Waals surface area contributed by atoms with Crippen LogP contribution in [-0.2, 0) is 16.1 Å².